The van der Waals surface area contributed by atoms with Crippen LogP contribution < -0.4 is 15.4 Å². The molecule has 3 N–H and O–H groups in total. The van der Waals surface area contributed by atoms with Gasteiger partial charge in [0.1, 0.15) is 0 Å². The fourth-order valence-electron chi connectivity index (χ4n) is 4.22. The van der Waals surface area contributed by atoms with Crippen LogP contribution in [0.2, 0.25) is 0 Å². The van der Waals surface area contributed by atoms with Crippen LogP contribution in [0.4, 0.5) is 22.7 Å². The monoisotopic (exact) mass is 510 g/mol. The molecule has 5 aromatic rings. The lowest BCUT2D eigenvalue weighted by atomic mass is 10.0. The molecule has 4 aromatic carbocycles. The van der Waals surface area contributed by atoms with Gasteiger partial charge in [-0.1, -0.05) is 35.9 Å². The van der Waals surface area contributed by atoms with Gasteiger partial charge in [-0.15, -0.1) is 0 Å². The van der Waals surface area contributed by atoms with Gasteiger partial charge in [-0.05, 0) is 74.0 Å². The molecule has 1 aromatic heterocycles. The van der Waals surface area contributed by atoms with Gasteiger partial charge < -0.3 is 10.6 Å². The minimum atomic E-state index is -3.69. The smallest absolute Gasteiger partial charge is 0.261 e. The summed E-state index contributed by atoms with van der Waals surface area (Å²) in [5.74, 6) is -0.146. The van der Waals surface area contributed by atoms with Gasteiger partial charge in [0, 0.05) is 34.8 Å². The van der Waals surface area contributed by atoms with E-state index in [1.165, 1.54) is 6.92 Å². The molecule has 1 amide bonds. The normalized spacial score (nSPS) is 11.4. The number of anilines is 4. The maximum absolute atomic E-state index is 12.7. The van der Waals surface area contributed by atoms with Crippen LogP contribution in [0.3, 0.4) is 0 Å². The lowest BCUT2D eigenvalue weighted by molar-refractivity contribution is -0.114. The molecule has 0 radical (unpaired) electrons. The molecule has 5 rings (SSSR count). The number of sulfonamides is 1. The number of rotatable bonds is 6. The van der Waals surface area contributed by atoms with Crippen LogP contribution in [-0.4, -0.2) is 19.3 Å². The first-order valence-corrected chi connectivity index (χ1v) is 13.3. The Morgan fingerprint density at radius 3 is 2.16 bits per heavy atom. The summed E-state index contributed by atoms with van der Waals surface area (Å²) in [5.41, 5.74) is 6.45. The Morgan fingerprint density at radius 1 is 0.784 bits per heavy atom. The van der Waals surface area contributed by atoms with Crippen molar-refractivity contribution in [3.05, 3.63) is 96.1 Å². The maximum Gasteiger partial charge on any atom is 0.261 e. The molecule has 1 heterocycles. The minimum Gasteiger partial charge on any atom is -0.354 e. The van der Waals surface area contributed by atoms with Crippen LogP contribution in [0.25, 0.3) is 21.8 Å². The molecule has 0 bridgehead atoms. The van der Waals surface area contributed by atoms with Gasteiger partial charge >= 0.3 is 0 Å². The first kappa shape index (κ1) is 24.3. The molecule has 7 nitrogen and oxygen atoms in total. The van der Waals surface area contributed by atoms with Crippen LogP contribution in [0.5, 0.6) is 0 Å². The van der Waals surface area contributed by atoms with Gasteiger partial charge in [0.05, 0.1) is 21.6 Å². The highest BCUT2D eigenvalue weighted by Gasteiger charge is 2.15. The number of benzene rings is 4. The molecule has 0 spiro atoms. The number of hydrogen-bond acceptors (Lipinski definition) is 5. The Kier molecular flexibility index (Phi) is 6.27. The summed E-state index contributed by atoms with van der Waals surface area (Å²) in [4.78, 5) is 16.6. The topological polar surface area (TPSA) is 100 Å². The molecular weight excluding hydrogens is 484 g/mol. The third kappa shape index (κ3) is 5.10. The van der Waals surface area contributed by atoms with E-state index in [0.717, 1.165) is 44.3 Å². The quantitative estimate of drug-likeness (QED) is 0.226. The third-order valence-corrected chi connectivity index (χ3v) is 7.46. The van der Waals surface area contributed by atoms with Gasteiger partial charge in [-0.3, -0.25) is 9.52 Å². The molecule has 186 valence electrons. The van der Waals surface area contributed by atoms with E-state index in [4.69, 9.17) is 4.98 Å². The second kappa shape index (κ2) is 9.55. The molecule has 8 heteroatoms. The van der Waals surface area contributed by atoms with E-state index in [0.29, 0.717) is 11.4 Å². The lowest BCUT2D eigenvalue weighted by Gasteiger charge is -2.16. The van der Waals surface area contributed by atoms with Crippen LogP contribution in [0.15, 0.2) is 89.8 Å². The van der Waals surface area contributed by atoms with E-state index in [-0.39, 0.29) is 10.8 Å². The zero-order valence-corrected chi connectivity index (χ0v) is 21.5. The fourth-order valence-corrected chi connectivity index (χ4v) is 5.28. The average Bonchev–Trinajstić information content (AvgIpc) is 2.85. The number of aromatic nitrogens is 1. The molecule has 0 saturated heterocycles. The van der Waals surface area contributed by atoms with Gasteiger partial charge in [0.2, 0.25) is 5.91 Å². The second-order valence-corrected chi connectivity index (χ2v) is 10.7. The SMILES string of the molecule is CC(=O)Nc1ccc2c(Nc3ccc(NS(=O)(=O)c4ccc(C)cc4)cc3)c3cccc(C)c3nc2c1. The zero-order valence-electron chi connectivity index (χ0n) is 20.7. The predicted molar refractivity (Wildman–Crippen MR) is 150 cm³/mol. The molecule has 0 fully saturated rings. The molecule has 0 atom stereocenters. The van der Waals surface area contributed by atoms with Crippen molar-refractivity contribution in [2.45, 2.75) is 25.7 Å². The summed E-state index contributed by atoms with van der Waals surface area (Å²) in [7, 11) is -3.69. The van der Waals surface area contributed by atoms with Gasteiger partial charge in [-0.2, -0.15) is 0 Å². The first-order valence-electron chi connectivity index (χ1n) is 11.8. The summed E-state index contributed by atoms with van der Waals surface area (Å²) < 4.78 is 28.1. The summed E-state index contributed by atoms with van der Waals surface area (Å²) in [6, 6.07) is 25.5. The van der Waals surface area contributed by atoms with Crippen molar-refractivity contribution < 1.29 is 13.2 Å². The van der Waals surface area contributed by atoms with Gasteiger partial charge in [0.25, 0.3) is 10.0 Å². The standard InChI is InChI=1S/C29H26N4O3S/c1-18-7-14-24(15-8-18)37(35,36)33-22-11-9-21(10-12-22)31-29-25-16-13-23(30-20(3)34)17-27(25)32-28-19(2)5-4-6-26(28)29/h4-17,33H,1-3H3,(H,30,34)(H,31,32). The van der Waals surface area contributed by atoms with Crippen molar-refractivity contribution in [3.63, 3.8) is 0 Å². The van der Waals surface area contributed by atoms with E-state index < -0.39 is 10.0 Å². The summed E-state index contributed by atoms with van der Waals surface area (Å²) in [6.07, 6.45) is 0. The number of nitrogens with one attached hydrogen (secondary N) is 3. The van der Waals surface area contributed by atoms with E-state index in [1.807, 2.05) is 62.4 Å². The average molecular weight is 511 g/mol. The number of hydrogen-bond donors (Lipinski definition) is 3. The Morgan fingerprint density at radius 2 is 1.46 bits per heavy atom. The number of nitrogens with zero attached hydrogens (tertiary/aromatic N) is 1. The number of amides is 1. The number of carbonyl (C=O) groups is 1. The van der Waals surface area contributed by atoms with Gasteiger partial charge in [-0.25, -0.2) is 13.4 Å². The predicted octanol–water partition coefficient (Wildman–Crippen LogP) is 6.51. The molecule has 0 unspecified atom stereocenters. The Hall–Kier alpha value is -4.43. The third-order valence-electron chi connectivity index (χ3n) is 6.06. The van der Waals surface area contributed by atoms with Crippen LogP contribution in [-0.2, 0) is 14.8 Å². The van der Waals surface area contributed by atoms with E-state index in [1.54, 1.807) is 36.4 Å². The highest BCUT2D eigenvalue weighted by atomic mass is 32.2. The fraction of sp³-hybridized carbons (Fsp3) is 0.103. The summed E-state index contributed by atoms with van der Waals surface area (Å²) in [5, 5.41) is 8.17. The Balaban J connectivity index is 1.49. The van der Waals surface area contributed by atoms with Crippen molar-refractivity contribution in [2.75, 3.05) is 15.4 Å². The number of carbonyl (C=O) groups excluding carboxylic acids is 1. The summed E-state index contributed by atoms with van der Waals surface area (Å²) >= 11 is 0. The van der Waals surface area contributed by atoms with Crippen molar-refractivity contribution in [3.8, 4) is 0 Å². The van der Waals surface area contributed by atoms with E-state index in [9.17, 15) is 13.2 Å². The summed E-state index contributed by atoms with van der Waals surface area (Å²) in [6.45, 7) is 5.39. The maximum atomic E-state index is 12.7. The number of para-hydroxylation sites is 1. The van der Waals surface area contributed by atoms with Gasteiger partial charge in [0.15, 0.2) is 0 Å². The molecule has 0 aliphatic heterocycles. The number of fused-ring (bicyclic) bond motifs is 2. The number of aryl methyl sites for hydroxylation is 2. The van der Waals surface area contributed by atoms with Crippen LogP contribution in [0, 0.1) is 13.8 Å². The van der Waals surface area contributed by atoms with Crippen molar-refractivity contribution in [1.82, 2.24) is 4.98 Å². The Labute approximate surface area is 215 Å². The Bertz CT molecular complexity index is 1750. The zero-order chi connectivity index (χ0) is 26.2. The molecule has 0 saturated carbocycles. The lowest BCUT2D eigenvalue weighted by Crippen LogP contribution is -2.12. The minimum absolute atomic E-state index is 0.146. The van der Waals surface area contributed by atoms with Crippen LogP contribution in [0.1, 0.15) is 18.1 Å². The highest BCUT2D eigenvalue weighted by molar-refractivity contribution is 7.92. The molecule has 37 heavy (non-hydrogen) atoms. The van der Waals surface area contributed by atoms with Crippen LogP contribution >= 0.6 is 0 Å². The highest BCUT2D eigenvalue weighted by Crippen LogP contribution is 2.35. The van der Waals surface area contributed by atoms with Crippen molar-refractivity contribution in [1.29, 1.82) is 0 Å². The second-order valence-electron chi connectivity index (χ2n) is 8.99. The molecule has 0 aliphatic carbocycles. The van der Waals surface area contributed by atoms with E-state index in [2.05, 4.69) is 15.4 Å². The molecular formula is C29H26N4O3S. The molecule has 0 aliphatic rings. The largest absolute Gasteiger partial charge is 0.354 e. The van der Waals surface area contributed by atoms with Crippen molar-refractivity contribution >= 4 is 60.5 Å². The van der Waals surface area contributed by atoms with E-state index >= 15 is 0 Å². The number of pyridine rings is 1. The van der Waals surface area contributed by atoms with Crippen molar-refractivity contribution in [2.24, 2.45) is 0 Å². The first-order chi connectivity index (χ1) is 17.7.